The number of piperidine rings is 1. The SMILES string of the molecule is C[C@H]1CCCCN1C(=O)Cn1ccnc(N2CC[C@@H](CO)C2)c1=O. The van der Waals surface area contributed by atoms with Crippen LogP contribution in [0.5, 0.6) is 0 Å². The number of carbonyl (C=O) groups excluding carboxylic acids is 1. The van der Waals surface area contributed by atoms with Crippen LogP contribution < -0.4 is 10.5 Å². The van der Waals surface area contributed by atoms with Crippen molar-refractivity contribution < 1.29 is 9.90 Å². The molecule has 0 saturated carbocycles. The average Bonchev–Trinajstić information content (AvgIpc) is 3.06. The highest BCUT2D eigenvalue weighted by Crippen LogP contribution is 2.19. The zero-order valence-corrected chi connectivity index (χ0v) is 14.2. The Labute approximate surface area is 141 Å². The standard InChI is InChI=1S/C17H26N4O3/c1-13-4-2-3-7-21(13)15(23)11-20-9-6-18-16(17(20)24)19-8-5-14(10-19)12-22/h6,9,13-14,22H,2-5,7-8,10-12H2,1H3/t13-,14+/m0/s1. The Bertz CT molecular complexity index is 645. The van der Waals surface area contributed by atoms with Gasteiger partial charge in [-0.05, 0) is 32.6 Å². The Hall–Kier alpha value is -1.89. The molecule has 0 bridgehead atoms. The zero-order chi connectivity index (χ0) is 17.1. The lowest BCUT2D eigenvalue weighted by Gasteiger charge is -2.33. The van der Waals surface area contributed by atoms with E-state index in [1.165, 1.54) is 4.57 Å². The molecule has 7 heteroatoms. The Morgan fingerprint density at radius 3 is 2.88 bits per heavy atom. The minimum Gasteiger partial charge on any atom is -0.396 e. The molecular weight excluding hydrogens is 308 g/mol. The number of likely N-dealkylation sites (tertiary alicyclic amines) is 1. The number of hydrogen-bond donors (Lipinski definition) is 1. The lowest BCUT2D eigenvalue weighted by atomic mass is 10.0. The molecule has 1 N–H and O–H groups in total. The van der Waals surface area contributed by atoms with E-state index in [0.29, 0.717) is 18.9 Å². The van der Waals surface area contributed by atoms with E-state index in [2.05, 4.69) is 11.9 Å². The molecule has 0 aliphatic carbocycles. The van der Waals surface area contributed by atoms with Gasteiger partial charge in [0.25, 0.3) is 5.56 Å². The van der Waals surface area contributed by atoms with Crippen molar-refractivity contribution in [3.8, 4) is 0 Å². The monoisotopic (exact) mass is 334 g/mol. The molecule has 1 aromatic rings. The number of rotatable bonds is 4. The van der Waals surface area contributed by atoms with Gasteiger partial charge < -0.3 is 19.5 Å². The summed E-state index contributed by atoms with van der Waals surface area (Å²) >= 11 is 0. The van der Waals surface area contributed by atoms with Crippen LogP contribution in [0.4, 0.5) is 5.82 Å². The molecule has 7 nitrogen and oxygen atoms in total. The van der Waals surface area contributed by atoms with Crippen molar-refractivity contribution in [2.45, 2.75) is 45.2 Å². The predicted molar refractivity (Wildman–Crippen MR) is 90.9 cm³/mol. The maximum Gasteiger partial charge on any atom is 0.293 e. The maximum absolute atomic E-state index is 12.7. The first-order chi connectivity index (χ1) is 11.6. The third kappa shape index (κ3) is 3.45. The fourth-order valence-corrected chi connectivity index (χ4v) is 3.66. The number of hydrogen-bond acceptors (Lipinski definition) is 5. The van der Waals surface area contributed by atoms with Crippen molar-refractivity contribution in [2.24, 2.45) is 5.92 Å². The second-order valence-electron chi connectivity index (χ2n) is 6.90. The summed E-state index contributed by atoms with van der Waals surface area (Å²) in [5.74, 6) is 0.569. The van der Waals surface area contributed by atoms with Gasteiger partial charge in [-0.2, -0.15) is 0 Å². The molecule has 2 aliphatic heterocycles. The van der Waals surface area contributed by atoms with Gasteiger partial charge >= 0.3 is 0 Å². The molecule has 2 aliphatic rings. The summed E-state index contributed by atoms with van der Waals surface area (Å²) in [6, 6.07) is 0.243. The fraction of sp³-hybridized carbons (Fsp3) is 0.706. The van der Waals surface area contributed by atoms with Gasteiger partial charge in [-0.15, -0.1) is 0 Å². The van der Waals surface area contributed by atoms with Crippen molar-refractivity contribution in [1.82, 2.24) is 14.5 Å². The van der Waals surface area contributed by atoms with E-state index in [-0.39, 0.29) is 36.6 Å². The largest absolute Gasteiger partial charge is 0.396 e. The summed E-state index contributed by atoms with van der Waals surface area (Å²) < 4.78 is 1.46. The molecule has 1 amide bonds. The van der Waals surface area contributed by atoms with Gasteiger partial charge in [0.05, 0.1) is 0 Å². The highest BCUT2D eigenvalue weighted by molar-refractivity contribution is 5.76. The summed E-state index contributed by atoms with van der Waals surface area (Å²) in [4.78, 5) is 33.2. The number of carbonyl (C=O) groups is 1. The number of anilines is 1. The Morgan fingerprint density at radius 2 is 2.17 bits per heavy atom. The molecule has 132 valence electrons. The van der Waals surface area contributed by atoms with E-state index in [0.717, 1.165) is 32.2 Å². The minimum absolute atomic E-state index is 0.00360. The van der Waals surface area contributed by atoms with Gasteiger partial charge in [0, 0.05) is 50.6 Å². The Morgan fingerprint density at radius 1 is 1.33 bits per heavy atom. The summed E-state index contributed by atoms with van der Waals surface area (Å²) in [7, 11) is 0. The highest BCUT2D eigenvalue weighted by Gasteiger charge is 2.27. The molecule has 2 atom stereocenters. The first kappa shape index (κ1) is 17.0. The van der Waals surface area contributed by atoms with Crippen LogP contribution in [0.15, 0.2) is 17.2 Å². The third-order valence-corrected chi connectivity index (χ3v) is 5.17. The van der Waals surface area contributed by atoms with E-state index in [1.807, 2.05) is 9.80 Å². The van der Waals surface area contributed by atoms with Crippen LogP contribution in [0, 0.1) is 5.92 Å². The van der Waals surface area contributed by atoms with Crippen LogP contribution in [0.3, 0.4) is 0 Å². The van der Waals surface area contributed by atoms with Gasteiger partial charge in [0.15, 0.2) is 5.82 Å². The fourth-order valence-electron chi connectivity index (χ4n) is 3.66. The quantitative estimate of drug-likeness (QED) is 0.866. The van der Waals surface area contributed by atoms with Crippen molar-refractivity contribution in [3.63, 3.8) is 0 Å². The van der Waals surface area contributed by atoms with Crippen LogP contribution in [0.1, 0.15) is 32.6 Å². The molecule has 2 saturated heterocycles. The van der Waals surface area contributed by atoms with Crippen LogP contribution >= 0.6 is 0 Å². The molecule has 1 aromatic heterocycles. The normalized spacial score (nSPS) is 24.4. The average molecular weight is 334 g/mol. The number of aliphatic hydroxyl groups is 1. The highest BCUT2D eigenvalue weighted by atomic mass is 16.3. The molecule has 3 heterocycles. The lowest BCUT2D eigenvalue weighted by molar-refractivity contribution is -0.135. The van der Waals surface area contributed by atoms with Crippen LogP contribution in [0.25, 0.3) is 0 Å². The maximum atomic E-state index is 12.7. The molecule has 2 fully saturated rings. The number of nitrogens with zero attached hydrogens (tertiary/aromatic N) is 4. The van der Waals surface area contributed by atoms with Gasteiger partial charge in [0.1, 0.15) is 6.54 Å². The summed E-state index contributed by atoms with van der Waals surface area (Å²) in [5, 5.41) is 9.26. The predicted octanol–water partition coefficient (Wildman–Crippen LogP) is 0.463. The van der Waals surface area contributed by atoms with Gasteiger partial charge in [-0.3, -0.25) is 9.59 Å². The minimum atomic E-state index is -0.228. The van der Waals surface area contributed by atoms with E-state index in [9.17, 15) is 14.7 Å². The molecule has 24 heavy (non-hydrogen) atoms. The first-order valence-corrected chi connectivity index (χ1v) is 8.81. The number of aromatic nitrogens is 2. The number of aliphatic hydroxyl groups excluding tert-OH is 1. The van der Waals surface area contributed by atoms with E-state index in [1.54, 1.807) is 12.4 Å². The van der Waals surface area contributed by atoms with Crippen LogP contribution in [0.2, 0.25) is 0 Å². The second kappa shape index (κ2) is 7.34. The smallest absolute Gasteiger partial charge is 0.293 e. The zero-order valence-electron chi connectivity index (χ0n) is 14.2. The molecule has 0 aromatic carbocycles. The lowest BCUT2D eigenvalue weighted by Crippen LogP contribution is -2.45. The Kier molecular flexibility index (Phi) is 5.18. The van der Waals surface area contributed by atoms with Gasteiger partial charge in [0.2, 0.25) is 5.91 Å². The third-order valence-electron chi connectivity index (χ3n) is 5.17. The Balaban J connectivity index is 1.74. The molecular formula is C17H26N4O3. The summed E-state index contributed by atoms with van der Waals surface area (Å²) in [5.41, 5.74) is -0.228. The molecule has 0 unspecified atom stereocenters. The van der Waals surface area contributed by atoms with Gasteiger partial charge in [-0.1, -0.05) is 0 Å². The van der Waals surface area contributed by atoms with E-state index >= 15 is 0 Å². The summed E-state index contributed by atoms with van der Waals surface area (Å²) in [6.45, 7) is 4.39. The van der Waals surface area contributed by atoms with E-state index in [4.69, 9.17) is 0 Å². The topological polar surface area (TPSA) is 78.7 Å². The van der Waals surface area contributed by atoms with Crippen LogP contribution in [-0.4, -0.2) is 57.7 Å². The molecule has 0 spiro atoms. The molecule has 3 rings (SSSR count). The first-order valence-electron chi connectivity index (χ1n) is 8.81. The van der Waals surface area contributed by atoms with Crippen LogP contribution in [-0.2, 0) is 11.3 Å². The van der Waals surface area contributed by atoms with Crippen molar-refractivity contribution >= 4 is 11.7 Å². The molecule has 0 radical (unpaired) electrons. The van der Waals surface area contributed by atoms with Crippen molar-refractivity contribution in [3.05, 3.63) is 22.7 Å². The second-order valence-corrected chi connectivity index (χ2v) is 6.90. The number of amides is 1. The summed E-state index contributed by atoms with van der Waals surface area (Å²) in [6.07, 6.45) is 7.23. The van der Waals surface area contributed by atoms with Gasteiger partial charge in [-0.25, -0.2) is 4.98 Å². The van der Waals surface area contributed by atoms with Crippen molar-refractivity contribution in [1.29, 1.82) is 0 Å². The van der Waals surface area contributed by atoms with E-state index < -0.39 is 0 Å². The van der Waals surface area contributed by atoms with Crippen molar-refractivity contribution in [2.75, 3.05) is 31.1 Å².